The Kier molecular flexibility index (Phi) is 4.90. The number of nitrogens with one attached hydrogen (secondary N) is 1. The van der Waals surface area contributed by atoms with Crippen LogP contribution in [0.4, 0.5) is 5.82 Å². The molecule has 0 spiro atoms. The molecular weight excluding hydrogens is 252 g/mol. The Bertz CT molecular complexity index is 554. The number of aryl methyl sites for hydroxylation is 1. The SMILES string of the molecule is CCCCc1ccc(Oc2ncnc(NN)c2C)cc1. The molecule has 1 aromatic carbocycles. The van der Waals surface area contributed by atoms with E-state index in [1.165, 1.54) is 24.7 Å². The lowest BCUT2D eigenvalue weighted by Gasteiger charge is -2.10. The van der Waals surface area contributed by atoms with E-state index in [1.54, 1.807) is 0 Å². The van der Waals surface area contributed by atoms with Gasteiger partial charge in [0.05, 0.1) is 5.56 Å². The Morgan fingerprint density at radius 1 is 1.20 bits per heavy atom. The zero-order valence-corrected chi connectivity index (χ0v) is 11.9. The first-order chi connectivity index (χ1) is 9.74. The second-order valence-corrected chi connectivity index (χ2v) is 4.65. The quantitative estimate of drug-likeness (QED) is 0.624. The smallest absolute Gasteiger partial charge is 0.227 e. The summed E-state index contributed by atoms with van der Waals surface area (Å²) in [5.41, 5.74) is 4.63. The number of aromatic nitrogens is 2. The molecule has 1 heterocycles. The number of hydrogen-bond acceptors (Lipinski definition) is 5. The summed E-state index contributed by atoms with van der Waals surface area (Å²) in [7, 11) is 0. The first-order valence-electron chi connectivity index (χ1n) is 6.79. The molecule has 106 valence electrons. The first-order valence-corrected chi connectivity index (χ1v) is 6.79. The predicted octanol–water partition coefficient (Wildman–Crippen LogP) is 3.21. The lowest BCUT2D eigenvalue weighted by molar-refractivity contribution is 0.457. The molecule has 2 rings (SSSR count). The van der Waals surface area contributed by atoms with E-state index in [9.17, 15) is 0 Å². The lowest BCUT2D eigenvalue weighted by atomic mass is 10.1. The minimum atomic E-state index is 0.509. The van der Waals surface area contributed by atoms with Crippen molar-refractivity contribution in [3.63, 3.8) is 0 Å². The Morgan fingerprint density at radius 3 is 2.60 bits per heavy atom. The Hall–Kier alpha value is -2.14. The number of hydrazine groups is 1. The number of hydrogen-bond donors (Lipinski definition) is 2. The van der Waals surface area contributed by atoms with E-state index in [-0.39, 0.29) is 0 Å². The normalized spacial score (nSPS) is 10.3. The number of anilines is 1. The van der Waals surface area contributed by atoms with E-state index in [1.807, 2.05) is 19.1 Å². The van der Waals surface area contributed by atoms with Gasteiger partial charge in [-0.2, -0.15) is 0 Å². The fourth-order valence-electron chi connectivity index (χ4n) is 1.90. The predicted molar refractivity (Wildman–Crippen MR) is 79.7 cm³/mol. The van der Waals surface area contributed by atoms with Crippen molar-refractivity contribution in [2.45, 2.75) is 33.1 Å². The average Bonchev–Trinajstić information content (AvgIpc) is 2.48. The summed E-state index contributed by atoms with van der Waals surface area (Å²) in [5, 5.41) is 0. The summed E-state index contributed by atoms with van der Waals surface area (Å²) < 4.78 is 5.76. The molecule has 0 aliphatic heterocycles. The van der Waals surface area contributed by atoms with Gasteiger partial charge in [-0.1, -0.05) is 25.5 Å². The second-order valence-electron chi connectivity index (χ2n) is 4.65. The Labute approximate surface area is 119 Å². The van der Waals surface area contributed by atoms with Crippen LogP contribution in [-0.4, -0.2) is 9.97 Å². The molecule has 5 heteroatoms. The molecule has 0 radical (unpaired) electrons. The van der Waals surface area contributed by atoms with Crippen LogP contribution in [-0.2, 0) is 6.42 Å². The number of unbranched alkanes of at least 4 members (excludes halogenated alkanes) is 1. The standard InChI is InChI=1S/C15H20N4O/c1-3-4-5-12-6-8-13(9-7-12)20-15-11(2)14(19-16)17-10-18-15/h6-10H,3-5,16H2,1-2H3,(H,17,18,19). The van der Waals surface area contributed by atoms with Gasteiger partial charge in [-0.3, -0.25) is 0 Å². The summed E-state index contributed by atoms with van der Waals surface area (Å²) in [5.74, 6) is 7.22. The summed E-state index contributed by atoms with van der Waals surface area (Å²) >= 11 is 0. The van der Waals surface area contributed by atoms with Gasteiger partial charge in [-0.25, -0.2) is 15.8 Å². The molecule has 0 aliphatic rings. The van der Waals surface area contributed by atoms with Gasteiger partial charge >= 0.3 is 0 Å². The number of rotatable bonds is 6. The average molecular weight is 272 g/mol. The maximum Gasteiger partial charge on any atom is 0.227 e. The molecule has 0 amide bonds. The Balaban J connectivity index is 2.10. The third-order valence-electron chi connectivity index (χ3n) is 3.13. The number of ether oxygens (including phenoxy) is 1. The van der Waals surface area contributed by atoms with Crippen LogP contribution in [0.25, 0.3) is 0 Å². The van der Waals surface area contributed by atoms with Gasteiger partial charge in [0.15, 0.2) is 0 Å². The van der Waals surface area contributed by atoms with E-state index in [0.717, 1.165) is 17.7 Å². The van der Waals surface area contributed by atoms with Crippen LogP contribution in [0.1, 0.15) is 30.9 Å². The van der Waals surface area contributed by atoms with Crippen LogP contribution in [0.2, 0.25) is 0 Å². The number of nitrogens with two attached hydrogens (primary N) is 1. The van der Waals surface area contributed by atoms with Crippen LogP contribution in [0, 0.1) is 6.92 Å². The fraction of sp³-hybridized carbons (Fsp3) is 0.333. The third kappa shape index (κ3) is 3.45. The molecule has 0 aliphatic carbocycles. The van der Waals surface area contributed by atoms with E-state index in [0.29, 0.717) is 11.7 Å². The molecule has 0 atom stereocenters. The zero-order chi connectivity index (χ0) is 14.4. The second kappa shape index (κ2) is 6.86. The third-order valence-corrected chi connectivity index (χ3v) is 3.13. The highest BCUT2D eigenvalue weighted by Crippen LogP contribution is 2.25. The highest BCUT2D eigenvalue weighted by Gasteiger charge is 2.08. The van der Waals surface area contributed by atoms with Gasteiger partial charge < -0.3 is 10.2 Å². The van der Waals surface area contributed by atoms with E-state index in [2.05, 4.69) is 34.5 Å². The number of benzene rings is 1. The molecule has 0 bridgehead atoms. The molecular formula is C15H20N4O. The van der Waals surface area contributed by atoms with Gasteiger partial charge in [0.25, 0.3) is 0 Å². The van der Waals surface area contributed by atoms with Crippen LogP contribution >= 0.6 is 0 Å². The van der Waals surface area contributed by atoms with Crippen molar-refractivity contribution >= 4 is 5.82 Å². The maximum atomic E-state index is 5.76. The highest BCUT2D eigenvalue weighted by atomic mass is 16.5. The van der Waals surface area contributed by atoms with Crippen molar-refractivity contribution < 1.29 is 4.74 Å². The minimum absolute atomic E-state index is 0.509. The summed E-state index contributed by atoms with van der Waals surface area (Å²) in [6.07, 6.45) is 4.93. The van der Waals surface area contributed by atoms with Crippen molar-refractivity contribution in [3.8, 4) is 11.6 Å². The van der Waals surface area contributed by atoms with Crippen molar-refractivity contribution in [2.75, 3.05) is 5.43 Å². The van der Waals surface area contributed by atoms with E-state index in [4.69, 9.17) is 10.6 Å². The molecule has 3 N–H and O–H groups in total. The topological polar surface area (TPSA) is 73.1 Å². The lowest BCUT2D eigenvalue weighted by Crippen LogP contribution is -2.11. The molecule has 0 unspecified atom stereocenters. The summed E-state index contributed by atoms with van der Waals surface area (Å²) in [6, 6.07) is 8.09. The van der Waals surface area contributed by atoms with E-state index >= 15 is 0 Å². The Morgan fingerprint density at radius 2 is 1.95 bits per heavy atom. The number of nitrogens with zero attached hydrogens (tertiary/aromatic N) is 2. The van der Waals surface area contributed by atoms with Gasteiger partial charge in [-0.05, 0) is 37.5 Å². The highest BCUT2D eigenvalue weighted by molar-refractivity contribution is 5.47. The maximum absolute atomic E-state index is 5.76. The fourth-order valence-corrected chi connectivity index (χ4v) is 1.90. The zero-order valence-electron chi connectivity index (χ0n) is 11.9. The summed E-state index contributed by atoms with van der Waals surface area (Å²) in [4.78, 5) is 8.14. The van der Waals surface area contributed by atoms with Gasteiger partial charge in [0, 0.05) is 0 Å². The molecule has 0 fully saturated rings. The molecule has 20 heavy (non-hydrogen) atoms. The van der Waals surface area contributed by atoms with Gasteiger partial charge in [-0.15, -0.1) is 0 Å². The van der Waals surface area contributed by atoms with Crippen molar-refractivity contribution in [1.82, 2.24) is 9.97 Å². The van der Waals surface area contributed by atoms with E-state index < -0.39 is 0 Å². The van der Waals surface area contributed by atoms with Crippen LogP contribution in [0.3, 0.4) is 0 Å². The molecule has 0 saturated carbocycles. The molecule has 0 saturated heterocycles. The molecule has 1 aromatic heterocycles. The largest absolute Gasteiger partial charge is 0.439 e. The monoisotopic (exact) mass is 272 g/mol. The van der Waals surface area contributed by atoms with Crippen molar-refractivity contribution in [3.05, 3.63) is 41.7 Å². The van der Waals surface area contributed by atoms with Gasteiger partial charge in [0.2, 0.25) is 5.88 Å². The molecule has 2 aromatic rings. The number of nitrogen functional groups attached to an aromatic ring is 1. The molecule has 5 nitrogen and oxygen atoms in total. The van der Waals surface area contributed by atoms with Crippen molar-refractivity contribution in [2.24, 2.45) is 5.84 Å². The summed E-state index contributed by atoms with van der Waals surface area (Å²) in [6.45, 7) is 4.05. The van der Waals surface area contributed by atoms with Crippen LogP contribution < -0.4 is 16.0 Å². The first kappa shape index (κ1) is 14.3. The van der Waals surface area contributed by atoms with Crippen molar-refractivity contribution in [1.29, 1.82) is 0 Å². The van der Waals surface area contributed by atoms with Gasteiger partial charge in [0.1, 0.15) is 17.9 Å². The minimum Gasteiger partial charge on any atom is -0.439 e. The van der Waals surface area contributed by atoms with Crippen LogP contribution in [0.15, 0.2) is 30.6 Å². The van der Waals surface area contributed by atoms with Crippen LogP contribution in [0.5, 0.6) is 11.6 Å².